The third kappa shape index (κ3) is 2.53. The Morgan fingerprint density at radius 3 is 2.28 bits per heavy atom. The zero-order valence-electron chi connectivity index (χ0n) is 9.18. The van der Waals surface area contributed by atoms with Gasteiger partial charge >= 0.3 is 0 Å². The second-order valence-electron chi connectivity index (χ2n) is 3.45. The highest BCUT2D eigenvalue weighted by Gasteiger charge is 2.15. The first-order valence-corrected chi connectivity index (χ1v) is 6.00. The standard InChI is InChI=1S/C12H7Cl3FNO/c1-18-10-5-17-11(16)4-7(10)12-8(14)2-6(13)3-9(12)15/h2-5H,1H3. The Morgan fingerprint density at radius 2 is 1.72 bits per heavy atom. The Bertz CT molecular complexity index is 581. The molecule has 0 bridgehead atoms. The summed E-state index contributed by atoms with van der Waals surface area (Å²) in [5.74, 6) is -0.268. The van der Waals surface area contributed by atoms with Gasteiger partial charge in [-0.15, -0.1) is 0 Å². The summed E-state index contributed by atoms with van der Waals surface area (Å²) in [6.07, 6.45) is 1.27. The molecule has 0 aliphatic heterocycles. The molecule has 0 aliphatic carbocycles. The molecule has 2 nitrogen and oxygen atoms in total. The number of rotatable bonds is 2. The van der Waals surface area contributed by atoms with Crippen molar-refractivity contribution >= 4 is 34.8 Å². The van der Waals surface area contributed by atoms with Crippen molar-refractivity contribution < 1.29 is 9.13 Å². The van der Waals surface area contributed by atoms with E-state index in [4.69, 9.17) is 39.5 Å². The van der Waals surface area contributed by atoms with Crippen molar-refractivity contribution in [3.05, 3.63) is 45.4 Å². The van der Waals surface area contributed by atoms with Crippen LogP contribution in [-0.2, 0) is 0 Å². The topological polar surface area (TPSA) is 22.1 Å². The van der Waals surface area contributed by atoms with Gasteiger partial charge in [-0.1, -0.05) is 34.8 Å². The van der Waals surface area contributed by atoms with E-state index in [1.54, 1.807) is 0 Å². The molecule has 2 aromatic rings. The third-order valence-corrected chi connectivity index (χ3v) is 3.14. The monoisotopic (exact) mass is 305 g/mol. The van der Waals surface area contributed by atoms with E-state index in [1.807, 2.05) is 0 Å². The van der Waals surface area contributed by atoms with Crippen LogP contribution in [0.1, 0.15) is 0 Å². The maximum atomic E-state index is 13.2. The van der Waals surface area contributed by atoms with Gasteiger partial charge in [-0.25, -0.2) is 4.98 Å². The quantitative estimate of drug-likeness (QED) is 0.739. The fourth-order valence-corrected chi connectivity index (χ4v) is 2.60. The van der Waals surface area contributed by atoms with Crippen molar-refractivity contribution in [3.63, 3.8) is 0 Å². The predicted octanol–water partition coefficient (Wildman–Crippen LogP) is 4.86. The minimum Gasteiger partial charge on any atom is -0.494 e. The number of hydrogen-bond donors (Lipinski definition) is 0. The van der Waals surface area contributed by atoms with Crippen molar-refractivity contribution in [1.82, 2.24) is 4.98 Å². The first-order valence-electron chi connectivity index (χ1n) is 4.87. The van der Waals surface area contributed by atoms with Crippen LogP contribution in [0.25, 0.3) is 11.1 Å². The van der Waals surface area contributed by atoms with Gasteiger partial charge < -0.3 is 4.74 Å². The lowest BCUT2D eigenvalue weighted by Crippen LogP contribution is -1.93. The van der Waals surface area contributed by atoms with Crippen LogP contribution >= 0.6 is 34.8 Å². The van der Waals surface area contributed by atoms with Crippen LogP contribution < -0.4 is 4.74 Å². The lowest BCUT2D eigenvalue weighted by Gasteiger charge is -2.11. The summed E-state index contributed by atoms with van der Waals surface area (Å²) in [6.45, 7) is 0. The summed E-state index contributed by atoms with van der Waals surface area (Å²) in [7, 11) is 1.45. The number of benzene rings is 1. The number of hydrogen-bond acceptors (Lipinski definition) is 2. The zero-order valence-corrected chi connectivity index (χ0v) is 11.4. The lowest BCUT2D eigenvalue weighted by atomic mass is 10.1. The Morgan fingerprint density at radius 1 is 1.11 bits per heavy atom. The number of ether oxygens (including phenoxy) is 1. The highest BCUT2D eigenvalue weighted by atomic mass is 35.5. The van der Waals surface area contributed by atoms with Crippen molar-refractivity contribution in [2.24, 2.45) is 0 Å². The number of methoxy groups -OCH3 is 1. The highest BCUT2D eigenvalue weighted by Crippen LogP contribution is 2.41. The molecule has 0 saturated heterocycles. The zero-order chi connectivity index (χ0) is 13.3. The first kappa shape index (κ1) is 13.4. The molecule has 0 radical (unpaired) electrons. The molecule has 0 amide bonds. The van der Waals surface area contributed by atoms with E-state index in [-0.39, 0.29) is 0 Å². The van der Waals surface area contributed by atoms with E-state index in [1.165, 1.54) is 31.5 Å². The number of nitrogens with zero attached hydrogens (tertiary/aromatic N) is 1. The highest BCUT2D eigenvalue weighted by molar-refractivity contribution is 6.41. The fourth-order valence-electron chi connectivity index (χ4n) is 1.57. The molecule has 0 N–H and O–H groups in total. The van der Waals surface area contributed by atoms with Gasteiger partial charge in [-0.2, -0.15) is 4.39 Å². The first-order chi connectivity index (χ1) is 8.52. The van der Waals surface area contributed by atoms with Gasteiger partial charge in [-0.05, 0) is 12.1 Å². The lowest BCUT2D eigenvalue weighted by molar-refractivity contribution is 0.412. The Labute approximate surface area is 118 Å². The molecule has 1 heterocycles. The summed E-state index contributed by atoms with van der Waals surface area (Å²) in [5.41, 5.74) is 0.887. The van der Waals surface area contributed by atoms with E-state index in [9.17, 15) is 4.39 Å². The Kier molecular flexibility index (Phi) is 3.95. The molecule has 1 aromatic heterocycles. The van der Waals surface area contributed by atoms with Gasteiger partial charge in [0.2, 0.25) is 5.95 Å². The van der Waals surface area contributed by atoms with Crippen molar-refractivity contribution in [2.75, 3.05) is 7.11 Å². The SMILES string of the molecule is COc1cnc(F)cc1-c1c(Cl)cc(Cl)cc1Cl. The molecule has 0 unspecified atom stereocenters. The van der Waals surface area contributed by atoms with Gasteiger partial charge in [0, 0.05) is 22.2 Å². The van der Waals surface area contributed by atoms with Gasteiger partial charge in [-0.3, -0.25) is 0 Å². The van der Waals surface area contributed by atoms with Gasteiger partial charge in [0.05, 0.1) is 23.4 Å². The summed E-state index contributed by atoms with van der Waals surface area (Å²) in [5, 5.41) is 1.04. The summed E-state index contributed by atoms with van der Waals surface area (Å²) in [6, 6.07) is 4.27. The van der Waals surface area contributed by atoms with E-state index >= 15 is 0 Å². The van der Waals surface area contributed by atoms with Gasteiger partial charge in [0.1, 0.15) is 5.75 Å². The maximum Gasteiger partial charge on any atom is 0.213 e. The second kappa shape index (κ2) is 5.31. The van der Waals surface area contributed by atoms with Crippen LogP contribution in [0.15, 0.2) is 24.4 Å². The number of pyridine rings is 1. The van der Waals surface area contributed by atoms with Crippen LogP contribution in [0.3, 0.4) is 0 Å². The van der Waals surface area contributed by atoms with Crippen molar-refractivity contribution in [2.45, 2.75) is 0 Å². The largest absolute Gasteiger partial charge is 0.494 e. The molecule has 0 atom stereocenters. The third-order valence-electron chi connectivity index (χ3n) is 2.33. The molecule has 18 heavy (non-hydrogen) atoms. The summed E-state index contributed by atoms with van der Waals surface area (Å²) >= 11 is 18.0. The fraction of sp³-hybridized carbons (Fsp3) is 0.0833. The molecule has 0 fully saturated rings. The van der Waals surface area contributed by atoms with Crippen LogP contribution in [0.5, 0.6) is 5.75 Å². The Balaban J connectivity index is 2.72. The number of halogens is 4. The molecular weight excluding hydrogens is 299 g/mol. The second-order valence-corrected chi connectivity index (χ2v) is 4.70. The average Bonchev–Trinajstić information content (AvgIpc) is 2.28. The molecule has 1 aromatic carbocycles. The van der Waals surface area contributed by atoms with E-state index in [0.29, 0.717) is 31.9 Å². The number of aromatic nitrogens is 1. The summed E-state index contributed by atoms with van der Waals surface area (Å²) in [4.78, 5) is 3.51. The predicted molar refractivity (Wildman–Crippen MR) is 71.2 cm³/mol. The van der Waals surface area contributed by atoms with E-state index in [0.717, 1.165) is 0 Å². The molecule has 94 valence electrons. The van der Waals surface area contributed by atoms with Gasteiger partial charge in [0.25, 0.3) is 0 Å². The Hall–Kier alpha value is -1.03. The molecule has 0 spiro atoms. The average molecular weight is 307 g/mol. The smallest absolute Gasteiger partial charge is 0.213 e. The minimum absolute atomic E-state index is 0.316. The maximum absolute atomic E-state index is 13.2. The molecule has 0 saturated carbocycles. The van der Waals surface area contributed by atoms with Crippen molar-refractivity contribution in [3.8, 4) is 16.9 Å². The minimum atomic E-state index is -0.645. The van der Waals surface area contributed by atoms with E-state index < -0.39 is 5.95 Å². The normalized spacial score (nSPS) is 10.5. The summed E-state index contributed by atoms with van der Waals surface area (Å²) < 4.78 is 18.3. The van der Waals surface area contributed by atoms with Crippen LogP contribution in [0, 0.1) is 5.95 Å². The van der Waals surface area contributed by atoms with Crippen LogP contribution in [-0.4, -0.2) is 12.1 Å². The molecule has 2 rings (SSSR count). The molecule has 0 aliphatic rings. The molecule has 6 heteroatoms. The van der Waals surface area contributed by atoms with Crippen LogP contribution in [0.2, 0.25) is 15.1 Å². The molecular formula is C12H7Cl3FNO. The van der Waals surface area contributed by atoms with Crippen LogP contribution in [0.4, 0.5) is 4.39 Å². The van der Waals surface area contributed by atoms with Crippen molar-refractivity contribution in [1.29, 1.82) is 0 Å². The van der Waals surface area contributed by atoms with E-state index in [2.05, 4.69) is 4.98 Å². The van der Waals surface area contributed by atoms with Gasteiger partial charge in [0.15, 0.2) is 0 Å².